The van der Waals surface area contributed by atoms with Crippen LogP contribution < -0.4 is 69.3 Å². The molecule has 0 heterocycles. The Hall–Kier alpha value is 2.49. The van der Waals surface area contributed by atoms with E-state index in [1.54, 1.807) is 0 Å². The quantitative estimate of drug-likeness (QED) is 0.113. The summed E-state index contributed by atoms with van der Waals surface area (Å²) in [4.78, 5) is 23.5. The Kier molecular flexibility index (Phi) is 30.1. The molecule has 0 spiro atoms. The minimum absolute atomic E-state index is 0. The number of carbonyl (C=O) groups is 2. The van der Waals surface area contributed by atoms with Gasteiger partial charge >= 0.3 is 110 Å². The van der Waals surface area contributed by atoms with Crippen molar-refractivity contribution in [2.24, 2.45) is 5.41 Å². The number of carboxylic acids is 2. The van der Waals surface area contributed by atoms with Crippen molar-refractivity contribution in [3.05, 3.63) is 0 Å². The van der Waals surface area contributed by atoms with Crippen molar-refractivity contribution in [3.63, 3.8) is 0 Å². The monoisotopic (exact) mass is 506 g/mol. The molecule has 0 bridgehead atoms. The van der Waals surface area contributed by atoms with Gasteiger partial charge in [-0.25, -0.2) is 0 Å². The van der Waals surface area contributed by atoms with Gasteiger partial charge in [0.25, 0.3) is 10.1 Å². The van der Waals surface area contributed by atoms with E-state index < -0.39 is 32.7 Å². The van der Waals surface area contributed by atoms with Crippen molar-refractivity contribution in [1.29, 1.82) is 0 Å². The SMILES string of the molecule is CCCCCCCCC(CCCCCCCC)(C(=O)[O-])C(C(=O)[O-])S(=O)(=O)O.[KH].[Na+].[Na+]. The third-order valence-corrected chi connectivity index (χ3v) is 6.61. The number of carboxylic acid groups (broad SMARTS) is 2. The molecule has 7 nitrogen and oxygen atoms in total. The topological polar surface area (TPSA) is 135 Å². The summed E-state index contributed by atoms with van der Waals surface area (Å²) in [7, 11) is -5.15. The molecule has 0 aliphatic heterocycles. The van der Waals surface area contributed by atoms with E-state index in [4.69, 9.17) is 0 Å². The first-order valence-corrected chi connectivity index (χ1v) is 12.0. The first-order valence-electron chi connectivity index (χ1n) is 10.5. The molecule has 0 aromatic heterocycles. The molecule has 0 aliphatic carbocycles. The largest absolute Gasteiger partial charge is 1.00 e. The summed E-state index contributed by atoms with van der Waals surface area (Å²) in [6, 6.07) is 0. The maximum atomic E-state index is 12.0. The maximum Gasteiger partial charge on any atom is 1.00 e. The fourth-order valence-electron chi connectivity index (χ4n) is 3.77. The Morgan fingerprint density at radius 1 is 0.774 bits per heavy atom. The Labute approximate surface area is 275 Å². The van der Waals surface area contributed by atoms with Gasteiger partial charge in [-0.2, -0.15) is 8.42 Å². The summed E-state index contributed by atoms with van der Waals surface area (Å²) < 4.78 is 32.9. The van der Waals surface area contributed by atoms with Crippen molar-refractivity contribution in [1.82, 2.24) is 0 Å². The number of carbonyl (C=O) groups excluding carboxylic acids is 2. The van der Waals surface area contributed by atoms with E-state index in [1.807, 2.05) is 0 Å². The van der Waals surface area contributed by atoms with Crippen LogP contribution in [0.15, 0.2) is 0 Å². The first-order chi connectivity index (χ1) is 13.1. The molecule has 168 valence electrons. The molecule has 0 aromatic rings. The molecule has 0 rings (SSSR count). The third kappa shape index (κ3) is 16.7. The van der Waals surface area contributed by atoms with Crippen LogP contribution in [0.25, 0.3) is 0 Å². The van der Waals surface area contributed by atoms with Crippen LogP contribution in [0, 0.1) is 5.41 Å². The number of aliphatic carboxylic acids is 2. The van der Waals surface area contributed by atoms with Crippen molar-refractivity contribution in [2.75, 3.05) is 0 Å². The molecular weight excluding hydrogens is 469 g/mol. The summed E-state index contributed by atoms with van der Waals surface area (Å²) >= 11 is 0. The maximum absolute atomic E-state index is 12.0. The summed E-state index contributed by atoms with van der Waals surface area (Å²) in [6.45, 7) is 4.14. The van der Waals surface area contributed by atoms with Crippen molar-refractivity contribution < 1.29 is 91.9 Å². The van der Waals surface area contributed by atoms with Crippen LogP contribution in [0.3, 0.4) is 0 Å². The van der Waals surface area contributed by atoms with E-state index in [0.29, 0.717) is 25.7 Å². The second kappa shape index (κ2) is 22.9. The number of hydrogen-bond donors (Lipinski definition) is 1. The molecule has 0 saturated heterocycles. The molecule has 0 amide bonds. The van der Waals surface area contributed by atoms with Gasteiger partial charge in [-0.05, 0) is 12.8 Å². The smallest absolute Gasteiger partial charge is 1.00 e. The predicted molar refractivity (Wildman–Crippen MR) is 111 cm³/mol. The average molecular weight is 507 g/mol. The van der Waals surface area contributed by atoms with E-state index in [9.17, 15) is 32.8 Å². The zero-order valence-corrected chi connectivity index (χ0v) is 24.1. The molecule has 0 radical (unpaired) electrons. The molecule has 1 unspecified atom stereocenters. The van der Waals surface area contributed by atoms with E-state index in [-0.39, 0.29) is 123 Å². The molecule has 31 heavy (non-hydrogen) atoms. The molecule has 0 fully saturated rings. The standard InChI is InChI=1S/C20H38O7S.K.2Na.H/c1-3-5-7-9-11-13-15-20(19(23)24,16-14-12-10-8-6-4-2)17(18(21)22)28(25,26)27;;;;/h17H,3-16H2,1-2H3,(H,21,22)(H,23,24)(H,25,26,27);;;;/q;;2*+1;/p-2. The molecule has 0 aliphatic rings. The van der Waals surface area contributed by atoms with Crippen LogP contribution in [0.1, 0.15) is 104 Å². The van der Waals surface area contributed by atoms with Gasteiger partial charge in [-0.1, -0.05) is 90.9 Å². The fraction of sp³-hybridized carbons (Fsp3) is 0.900. The van der Waals surface area contributed by atoms with Gasteiger partial charge in [0.15, 0.2) is 0 Å². The van der Waals surface area contributed by atoms with Crippen LogP contribution in [-0.4, -0.2) is 81.5 Å². The minimum atomic E-state index is -5.15. The molecular formula is C20H37KNa2O7S. The molecule has 1 atom stereocenters. The van der Waals surface area contributed by atoms with E-state index in [0.717, 1.165) is 51.4 Å². The van der Waals surface area contributed by atoms with Crippen LogP contribution in [-0.2, 0) is 19.7 Å². The summed E-state index contributed by atoms with van der Waals surface area (Å²) in [6.07, 6.45) is 9.57. The zero-order chi connectivity index (χ0) is 21.6. The minimum Gasteiger partial charge on any atom is 1.00 e. The Bertz CT molecular complexity index is 558. The molecule has 0 aromatic carbocycles. The Balaban J connectivity index is -0.00000121. The van der Waals surface area contributed by atoms with Crippen LogP contribution in [0.5, 0.6) is 0 Å². The first kappa shape index (κ1) is 40.6. The van der Waals surface area contributed by atoms with Crippen molar-refractivity contribution in [2.45, 2.75) is 109 Å². The van der Waals surface area contributed by atoms with E-state index in [2.05, 4.69) is 13.8 Å². The number of unbranched alkanes of at least 4 members (excludes halogenated alkanes) is 10. The van der Waals surface area contributed by atoms with Crippen LogP contribution >= 0.6 is 0 Å². The van der Waals surface area contributed by atoms with Gasteiger partial charge in [-0.15, -0.1) is 0 Å². The van der Waals surface area contributed by atoms with Crippen LogP contribution in [0.4, 0.5) is 0 Å². The van der Waals surface area contributed by atoms with E-state index >= 15 is 0 Å². The van der Waals surface area contributed by atoms with Gasteiger partial charge in [0.1, 0.15) is 5.25 Å². The summed E-state index contributed by atoms with van der Waals surface area (Å²) in [5.41, 5.74) is -2.18. The van der Waals surface area contributed by atoms with Gasteiger partial charge < -0.3 is 19.8 Å². The van der Waals surface area contributed by atoms with Gasteiger partial charge in [-0.3, -0.25) is 4.55 Å². The summed E-state index contributed by atoms with van der Waals surface area (Å²) in [5, 5.41) is 21.0. The van der Waals surface area contributed by atoms with Gasteiger partial charge in [0, 0.05) is 11.4 Å². The molecule has 0 saturated carbocycles. The second-order valence-electron chi connectivity index (χ2n) is 7.69. The molecule has 11 heteroatoms. The second-order valence-corrected chi connectivity index (χ2v) is 9.19. The normalized spacial score (nSPS) is 12.1. The average Bonchev–Trinajstić information content (AvgIpc) is 2.58. The van der Waals surface area contributed by atoms with E-state index in [1.165, 1.54) is 0 Å². The Morgan fingerprint density at radius 3 is 1.35 bits per heavy atom. The van der Waals surface area contributed by atoms with Gasteiger partial charge in [0.2, 0.25) is 0 Å². The van der Waals surface area contributed by atoms with Crippen molar-refractivity contribution in [3.8, 4) is 0 Å². The number of hydrogen-bond acceptors (Lipinski definition) is 6. The third-order valence-electron chi connectivity index (χ3n) is 5.37. The van der Waals surface area contributed by atoms with Crippen molar-refractivity contribution >= 4 is 73.4 Å². The Morgan fingerprint density at radius 2 is 1.10 bits per heavy atom. The summed E-state index contributed by atoms with van der Waals surface area (Å²) in [5.74, 6) is -3.84. The predicted octanol–water partition coefficient (Wildman–Crippen LogP) is -4.41. The molecule has 1 N–H and O–H groups in total. The van der Waals surface area contributed by atoms with Crippen LogP contribution in [0.2, 0.25) is 0 Å². The zero-order valence-electron chi connectivity index (χ0n) is 19.3. The number of rotatable bonds is 18. The van der Waals surface area contributed by atoms with Gasteiger partial charge in [0.05, 0.1) is 5.97 Å². The fourth-order valence-corrected chi connectivity index (χ4v) is 4.92.